The summed E-state index contributed by atoms with van der Waals surface area (Å²) in [6, 6.07) is 1.28. The molecule has 0 aromatic carbocycles. The smallest absolute Gasteiger partial charge is 0.0695 e. The highest BCUT2D eigenvalue weighted by atomic mass is 16.3. The topological polar surface area (TPSA) is 35.5 Å². The molecule has 1 aliphatic heterocycles. The molecule has 0 aromatic heterocycles. The van der Waals surface area contributed by atoms with Crippen LogP contribution in [-0.4, -0.2) is 47.8 Å². The van der Waals surface area contributed by atoms with Gasteiger partial charge in [-0.15, -0.1) is 0 Å². The molecule has 0 amide bonds. The molecule has 3 atom stereocenters. The molecule has 1 saturated heterocycles. The molecule has 3 nitrogen and oxygen atoms in total. The second kappa shape index (κ2) is 6.55. The van der Waals surface area contributed by atoms with Crippen LogP contribution in [0, 0.1) is 5.92 Å². The molecule has 3 fully saturated rings. The minimum Gasteiger partial charge on any atom is -0.391 e. The molecule has 19 heavy (non-hydrogen) atoms. The zero-order chi connectivity index (χ0) is 13.1. The number of hydrogen-bond acceptors (Lipinski definition) is 3. The molecule has 1 heterocycles. The number of likely N-dealkylation sites (tertiary alicyclic amines) is 1. The Bertz CT molecular complexity index is 280. The third kappa shape index (κ3) is 3.93. The average Bonchev–Trinajstić information content (AvgIpc) is 3.24. The molecule has 2 N–H and O–H groups in total. The van der Waals surface area contributed by atoms with Crippen molar-refractivity contribution in [1.82, 2.24) is 10.2 Å². The van der Waals surface area contributed by atoms with Gasteiger partial charge < -0.3 is 10.4 Å². The van der Waals surface area contributed by atoms with Crippen molar-refractivity contribution >= 4 is 0 Å². The van der Waals surface area contributed by atoms with E-state index < -0.39 is 0 Å². The van der Waals surface area contributed by atoms with Crippen molar-refractivity contribution in [3.05, 3.63) is 0 Å². The van der Waals surface area contributed by atoms with Crippen LogP contribution in [0.3, 0.4) is 0 Å². The maximum Gasteiger partial charge on any atom is 0.0695 e. The standard InChI is InChI=1S/C16H30N2O/c19-16-7-3-1-2-6-15(16)18-10-4-5-13(12-18)11-17-14-8-9-14/h13-17,19H,1-12H2. The first-order valence-electron chi connectivity index (χ1n) is 8.48. The van der Waals surface area contributed by atoms with E-state index in [1.807, 2.05) is 0 Å². The number of hydrogen-bond donors (Lipinski definition) is 2. The van der Waals surface area contributed by atoms with Crippen molar-refractivity contribution in [1.29, 1.82) is 0 Å². The van der Waals surface area contributed by atoms with Gasteiger partial charge in [0.05, 0.1) is 6.10 Å². The molecule has 110 valence electrons. The van der Waals surface area contributed by atoms with E-state index in [0.717, 1.165) is 18.4 Å². The lowest BCUT2D eigenvalue weighted by molar-refractivity contribution is 0.0208. The highest BCUT2D eigenvalue weighted by Gasteiger charge is 2.31. The maximum atomic E-state index is 10.4. The van der Waals surface area contributed by atoms with E-state index >= 15 is 0 Å². The zero-order valence-corrected chi connectivity index (χ0v) is 12.2. The SMILES string of the molecule is OC1CCCCCC1N1CCCC(CNC2CC2)C1. The largest absolute Gasteiger partial charge is 0.391 e. The summed E-state index contributed by atoms with van der Waals surface area (Å²) in [4.78, 5) is 2.61. The monoisotopic (exact) mass is 266 g/mol. The first-order chi connectivity index (χ1) is 9.33. The van der Waals surface area contributed by atoms with Crippen molar-refractivity contribution in [3.63, 3.8) is 0 Å². The van der Waals surface area contributed by atoms with Gasteiger partial charge in [0.1, 0.15) is 0 Å². The van der Waals surface area contributed by atoms with E-state index in [-0.39, 0.29) is 6.10 Å². The molecule has 0 aromatic rings. The second-order valence-corrected chi connectivity index (χ2v) is 6.96. The van der Waals surface area contributed by atoms with Gasteiger partial charge in [0, 0.05) is 18.6 Å². The summed E-state index contributed by atoms with van der Waals surface area (Å²) in [5, 5.41) is 14.0. The molecular formula is C16H30N2O. The maximum absolute atomic E-state index is 10.4. The molecule has 0 spiro atoms. The van der Waals surface area contributed by atoms with Crippen molar-refractivity contribution < 1.29 is 5.11 Å². The van der Waals surface area contributed by atoms with Crippen LogP contribution in [0.1, 0.15) is 57.8 Å². The minimum atomic E-state index is -0.0716. The Morgan fingerprint density at radius 3 is 2.63 bits per heavy atom. The summed E-state index contributed by atoms with van der Waals surface area (Å²) in [5.41, 5.74) is 0. The summed E-state index contributed by atoms with van der Waals surface area (Å²) < 4.78 is 0. The molecule has 0 bridgehead atoms. The molecule has 2 aliphatic carbocycles. The van der Waals surface area contributed by atoms with Crippen molar-refractivity contribution in [2.24, 2.45) is 5.92 Å². The molecular weight excluding hydrogens is 236 g/mol. The summed E-state index contributed by atoms with van der Waals surface area (Å²) in [5.74, 6) is 0.810. The third-order valence-corrected chi connectivity index (χ3v) is 5.24. The lowest BCUT2D eigenvalue weighted by Crippen LogP contribution is -2.49. The molecule has 2 saturated carbocycles. The Morgan fingerprint density at radius 2 is 1.79 bits per heavy atom. The van der Waals surface area contributed by atoms with E-state index in [1.54, 1.807) is 0 Å². The van der Waals surface area contributed by atoms with E-state index in [9.17, 15) is 5.11 Å². The fourth-order valence-corrected chi connectivity index (χ4v) is 3.88. The number of aliphatic hydroxyl groups excluding tert-OH is 1. The first kappa shape index (κ1) is 13.8. The lowest BCUT2D eigenvalue weighted by Gasteiger charge is -2.40. The first-order valence-corrected chi connectivity index (χ1v) is 8.48. The fourth-order valence-electron chi connectivity index (χ4n) is 3.88. The van der Waals surface area contributed by atoms with Crippen molar-refractivity contribution in [3.8, 4) is 0 Å². The van der Waals surface area contributed by atoms with Gasteiger partial charge in [-0.25, -0.2) is 0 Å². The van der Waals surface area contributed by atoms with Crippen LogP contribution in [0.15, 0.2) is 0 Å². The van der Waals surface area contributed by atoms with Gasteiger partial charge in [-0.3, -0.25) is 4.90 Å². The third-order valence-electron chi connectivity index (χ3n) is 5.24. The van der Waals surface area contributed by atoms with Gasteiger partial charge >= 0.3 is 0 Å². The fraction of sp³-hybridized carbons (Fsp3) is 1.00. The predicted molar refractivity (Wildman–Crippen MR) is 78.2 cm³/mol. The highest BCUT2D eigenvalue weighted by Crippen LogP contribution is 2.27. The van der Waals surface area contributed by atoms with E-state index in [1.165, 1.54) is 71.0 Å². The number of piperidine rings is 1. The molecule has 3 rings (SSSR count). The van der Waals surface area contributed by atoms with Crippen molar-refractivity contribution in [2.45, 2.75) is 76.0 Å². The van der Waals surface area contributed by atoms with Gasteiger partial charge in [0.2, 0.25) is 0 Å². The normalized spacial score (nSPS) is 38.1. The molecule has 3 aliphatic rings. The van der Waals surface area contributed by atoms with E-state index in [4.69, 9.17) is 0 Å². The van der Waals surface area contributed by atoms with Gasteiger partial charge in [0.15, 0.2) is 0 Å². The van der Waals surface area contributed by atoms with Crippen LogP contribution in [0.25, 0.3) is 0 Å². The Kier molecular flexibility index (Phi) is 4.78. The van der Waals surface area contributed by atoms with E-state index in [2.05, 4.69) is 10.2 Å². The van der Waals surface area contributed by atoms with Crippen LogP contribution in [-0.2, 0) is 0 Å². The second-order valence-electron chi connectivity index (χ2n) is 6.96. The Balaban J connectivity index is 1.50. The van der Waals surface area contributed by atoms with Gasteiger partial charge in [-0.2, -0.15) is 0 Å². The highest BCUT2D eigenvalue weighted by molar-refractivity contribution is 4.87. The number of nitrogens with one attached hydrogen (secondary N) is 1. The Hall–Kier alpha value is -0.120. The number of rotatable bonds is 4. The Morgan fingerprint density at radius 1 is 0.947 bits per heavy atom. The number of nitrogens with zero attached hydrogens (tertiary/aromatic N) is 1. The van der Waals surface area contributed by atoms with Crippen LogP contribution in [0.4, 0.5) is 0 Å². The number of aliphatic hydroxyl groups is 1. The predicted octanol–water partition coefficient (Wildman–Crippen LogP) is 2.14. The van der Waals surface area contributed by atoms with Gasteiger partial charge in [-0.1, -0.05) is 19.3 Å². The van der Waals surface area contributed by atoms with Gasteiger partial charge in [0.25, 0.3) is 0 Å². The summed E-state index contributed by atoms with van der Waals surface area (Å²) in [7, 11) is 0. The van der Waals surface area contributed by atoms with Crippen molar-refractivity contribution in [2.75, 3.05) is 19.6 Å². The summed E-state index contributed by atoms with van der Waals surface area (Å²) in [6.07, 6.45) is 11.5. The van der Waals surface area contributed by atoms with Crippen LogP contribution >= 0.6 is 0 Å². The average molecular weight is 266 g/mol. The summed E-state index contributed by atoms with van der Waals surface area (Å²) >= 11 is 0. The van der Waals surface area contributed by atoms with E-state index in [0.29, 0.717) is 6.04 Å². The van der Waals surface area contributed by atoms with Gasteiger partial charge in [-0.05, 0) is 57.5 Å². The molecule has 3 unspecified atom stereocenters. The van der Waals surface area contributed by atoms with Crippen LogP contribution < -0.4 is 5.32 Å². The zero-order valence-electron chi connectivity index (χ0n) is 12.2. The quantitative estimate of drug-likeness (QED) is 0.765. The Labute approximate surface area is 117 Å². The lowest BCUT2D eigenvalue weighted by atomic mass is 9.94. The molecule has 0 radical (unpaired) electrons. The summed E-state index contributed by atoms with van der Waals surface area (Å²) in [6.45, 7) is 3.62. The molecule has 3 heteroatoms. The van der Waals surface area contributed by atoms with Crippen LogP contribution in [0.5, 0.6) is 0 Å². The minimum absolute atomic E-state index is 0.0716. The van der Waals surface area contributed by atoms with Crippen LogP contribution in [0.2, 0.25) is 0 Å².